The molecule has 2 saturated heterocycles. The number of amides is 1. The number of hydrogen-bond donors (Lipinski definition) is 1. The van der Waals surface area contributed by atoms with Crippen LogP contribution in [0.25, 0.3) is 0 Å². The van der Waals surface area contributed by atoms with E-state index in [-0.39, 0.29) is 28.0 Å². The Labute approximate surface area is 238 Å². The van der Waals surface area contributed by atoms with E-state index in [0.717, 1.165) is 4.88 Å². The van der Waals surface area contributed by atoms with Gasteiger partial charge < -0.3 is 9.57 Å². The third-order valence-corrected chi connectivity index (χ3v) is 11.6. The number of carbonyl (C=O) groups is 1. The summed E-state index contributed by atoms with van der Waals surface area (Å²) in [6.07, 6.45) is 4.64. The van der Waals surface area contributed by atoms with E-state index in [1.807, 2.05) is 6.92 Å². The first kappa shape index (κ1) is 29.1. The Balaban J connectivity index is 1.26. The molecule has 1 N–H and O–H groups in total. The molecule has 1 amide bonds. The number of hydrogen-bond acceptors (Lipinski definition) is 11. The van der Waals surface area contributed by atoms with Gasteiger partial charge in [-0.05, 0) is 31.9 Å². The number of nitrogens with one attached hydrogen (secondary N) is 1. The average Bonchev–Trinajstić information content (AvgIpc) is 3.48. The molecule has 0 bridgehead atoms. The number of sulfone groups is 1. The molecule has 0 unspecified atom stereocenters. The number of sulfonamides is 1. The largest absolute Gasteiger partial charge is 0.389 e. The van der Waals surface area contributed by atoms with Crippen LogP contribution in [-0.4, -0.2) is 99.1 Å². The predicted octanol–water partition coefficient (Wildman–Crippen LogP) is 1.69. The van der Waals surface area contributed by atoms with Gasteiger partial charge in [0.2, 0.25) is 10.0 Å². The van der Waals surface area contributed by atoms with Gasteiger partial charge in [0.15, 0.2) is 26.8 Å². The second-order valence-electron chi connectivity index (χ2n) is 10.3. The highest BCUT2D eigenvalue weighted by Crippen LogP contribution is 2.33. The van der Waals surface area contributed by atoms with Crippen LogP contribution >= 0.6 is 11.3 Å². The first-order chi connectivity index (χ1) is 19.0. The number of ether oxygens (including phenoxy) is 1. The lowest BCUT2D eigenvalue weighted by Gasteiger charge is -2.38. The van der Waals surface area contributed by atoms with Crippen LogP contribution in [0.2, 0.25) is 0 Å². The lowest BCUT2D eigenvalue weighted by Crippen LogP contribution is -2.53. The van der Waals surface area contributed by atoms with Crippen molar-refractivity contribution in [1.82, 2.24) is 14.2 Å². The summed E-state index contributed by atoms with van der Waals surface area (Å²) in [7, 11) is -6.60. The van der Waals surface area contributed by atoms with Crippen LogP contribution in [0.4, 0.5) is 5.13 Å². The molecule has 1 saturated carbocycles. The lowest BCUT2D eigenvalue weighted by molar-refractivity contribution is -0.110. The number of rotatable bonds is 10. The monoisotopic (exact) mass is 611 g/mol. The van der Waals surface area contributed by atoms with Gasteiger partial charge in [-0.1, -0.05) is 17.3 Å². The number of oxime groups is 1. The highest BCUT2D eigenvalue weighted by molar-refractivity contribution is 7.92. The van der Waals surface area contributed by atoms with Crippen LogP contribution in [0.15, 0.2) is 40.5 Å². The predicted molar refractivity (Wildman–Crippen MR) is 151 cm³/mol. The number of aromatic nitrogens is 1. The minimum absolute atomic E-state index is 0.00439. The molecule has 1 aromatic heterocycles. The summed E-state index contributed by atoms with van der Waals surface area (Å²) in [5, 5.41) is 6.98. The topological polar surface area (TPSA) is 148 Å². The Morgan fingerprint density at radius 1 is 1.18 bits per heavy atom. The van der Waals surface area contributed by atoms with Gasteiger partial charge in [0, 0.05) is 55.3 Å². The van der Waals surface area contributed by atoms with Crippen LogP contribution in [0.3, 0.4) is 0 Å². The first-order valence-corrected chi connectivity index (χ1v) is 17.3. The van der Waals surface area contributed by atoms with E-state index in [1.165, 1.54) is 34.0 Å². The minimum Gasteiger partial charge on any atom is -0.389 e. The van der Waals surface area contributed by atoms with Gasteiger partial charge in [0.1, 0.15) is 0 Å². The van der Waals surface area contributed by atoms with Crippen molar-refractivity contribution < 1.29 is 31.2 Å². The molecule has 2 aromatic rings. The van der Waals surface area contributed by atoms with Crippen molar-refractivity contribution in [3.05, 3.63) is 40.9 Å². The molecular weight excluding hydrogens is 579 g/mol. The molecule has 0 radical (unpaired) electrons. The Kier molecular flexibility index (Phi) is 8.59. The molecule has 1 aromatic carbocycles. The fraction of sp³-hybridized carbons (Fsp3) is 0.560. The van der Waals surface area contributed by atoms with E-state index in [0.29, 0.717) is 69.4 Å². The molecule has 2 aliphatic heterocycles. The normalized spacial score (nSPS) is 23.3. The van der Waals surface area contributed by atoms with Crippen molar-refractivity contribution >= 4 is 47.9 Å². The summed E-state index contributed by atoms with van der Waals surface area (Å²) in [4.78, 5) is 26.5. The Morgan fingerprint density at radius 2 is 1.93 bits per heavy atom. The van der Waals surface area contributed by atoms with Gasteiger partial charge in [-0.3, -0.25) is 15.0 Å². The Bertz CT molecular complexity index is 1460. The third-order valence-electron chi connectivity index (χ3n) is 7.05. The highest BCUT2D eigenvalue weighted by Gasteiger charge is 2.37. The lowest BCUT2D eigenvalue weighted by atomic mass is 10.1. The molecule has 12 nitrogen and oxygen atoms in total. The summed E-state index contributed by atoms with van der Waals surface area (Å²) >= 11 is 1.32. The molecule has 3 fully saturated rings. The average molecular weight is 612 g/mol. The molecule has 15 heteroatoms. The zero-order valence-corrected chi connectivity index (χ0v) is 24.8. The zero-order valence-electron chi connectivity index (χ0n) is 22.4. The van der Waals surface area contributed by atoms with Crippen LogP contribution in [0.5, 0.6) is 0 Å². The van der Waals surface area contributed by atoms with Gasteiger partial charge in [0.25, 0.3) is 5.91 Å². The van der Waals surface area contributed by atoms with E-state index in [2.05, 4.69) is 20.4 Å². The number of nitrogens with zero attached hydrogens (tertiary/aromatic N) is 4. The first-order valence-electron chi connectivity index (χ1n) is 13.1. The molecule has 2 atom stereocenters. The van der Waals surface area contributed by atoms with Crippen LogP contribution in [0, 0.1) is 0 Å². The van der Waals surface area contributed by atoms with Crippen LogP contribution in [0.1, 0.15) is 36.6 Å². The summed E-state index contributed by atoms with van der Waals surface area (Å²) < 4.78 is 55.9. The van der Waals surface area contributed by atoms with Gasteiger partial charge in [-0.2, -0.15) is 4.31 Å². The molecule has 218 valence electrons. The van der Waals surface area contributed by atoms with Gasteiger partial charge in [-0.15, -0.1) is 11.3 Å². The Hall–Kier alpha value is -2.43. The number of thiazole rings is 1. The molecule has 0 spiro atoms. The van der Waals surface area contributed by atoms with E-state index < -0.39 is 25.8 Å². The maximum Gasteiger partial charge on any atom is 0.280 e. The molecule has 1 aliphatic carbocycles. The van der Waals surface area contributed by atoms with Crippen molar-refractivity contribution in [1.29, 1.82) is 0 Å². The molecule has 3 heterocycles. The van der Waals surface area contributed by atoms with Gasteiger partial charge in [0.05, 0.1) is 29.6 Å². The minimum atomic E-state index is -3.36. The van der Waals surface area contributed by atoms with Gasteiger partial charge >= 0.3 is 0 Å². The molecule has 40 heavy (non-hydrogen) atoms. The molecular formula is C25H33N5O7S3. The number of piperazine rings is 1. The number of benzene rings is 1. The maximum absolute atomic E-state index is 13.3. The van der Waals surface area contributed by atoms with Gasteiger partial charge in [-0.25, -0.2) is 21.8 Å². The maximum atomic E-state index is 13.3. The van der Waals surface area contributed by atoms with Crippen LogP contribution < -0.4 is 5.32 Å². The van der Waals surface area contributed by atoms with Crippen molar-refractivity contribution in [2.45, 2.75) is 55.0 Å². The summed E-state index contributed by atoms with van der Waals surface area (Å²) in [5.41, 5.74) is 0.422. The number of carbonyl (C=O) groups excluding carboxylic acids is 1. The van der Waals surface area contributed by atoms with E-state index in [1.54, 1.807) is 18.3 Å². The Morgan fingerprint density at radius 3 is 2.55 bits per heavy atom. The molecule has 3 aliphatic rings. The third kappa shape index (κ3) is 6.89. The fourth-order valence-electron chi connectivity index (χ4n) is 4.79. The highest BCUT2D eigenvalue weighted by atomic mass is 32.2. The van der Waals surface area contributed by atoms with Crippen molar-refractivity contribution in [2.24, 2.45) is 5.16 Å². The summed E-state index contributed by atoms with van der Waals surface area (Å²) in [6.45, 7) is 5.02. The fourth-order valence-corrected chi connectivity index (χ4v) is 8.43. The van der Waals surface area contributed by atoms with Crippen LogP contribution in [-0.2, 0) is 40.8 Å². The quantitative estimate of drug-likeness (QED) is 0.313. The second-order valence-corrected chi connectivity index (χ2v) is 15.6. The van der Waals surface area contributed by atoms with Crippen molar-refractivity contribution in [3.8, 4) is 0 Å². The van der Waals surface area contributed by atoms with E-state index >= 15 is 0 Å². The summed E-state index contributed by atoms with van der Waals surface area (Å²) in [5.74, 6) is -0.534. The van der Waals surface area contributed by atoms with Crippen molar-refractivity contribution in [2.75, 3.05) is 44.4 Å². The number of anilines is 1. The SMILES string of the molecule is C[C@H]1CN(Cc2cnc(NC(=O)C(=NO[C@@H]3CCOC3)c3ccc(S(=O)(=O)C4CC4)cc3)s2)CCN1S(C)(=O)=O. The van der Waals surface area contributed by atoms with E-state index in [4.69, 9.17) is 9.57 Å². The second kappa shape index (κ2) is 11.8. The summed E-state index contributed by atoms with van der Waals surface area (Å²) in [6, 6.07) is 5.98. The standard InChI is InChI=1S/C25H33N5O7S3/c1-17-14-29(10-11-30(17)39(2,32)33)15-20-13-26-25(38-20)27-24(31)23(28-37-19-9-12-36-16-19)18-3-5-21(6-4-18)40(34,35)22-7-8-22/h3-6,13,17,19,22H,7-12,14-16H2,1-2H3,(H,26,27,31)/t17-,19+/m0/s1. The zero-order chi connectivity index (χ0) is 28.5. The van der Waals surface area contributed by atoms with Crippen molar-refractivity contribution in [3.63, 3.8) is 0 Å². The van der Waals surface area contributed by atoms with E-state index in [9.17, 15) is 21.6 Å². The molecule has 5 rings (SSSR count). The smallest absolute Gasteiger partial charge is 0.280 e.